The Hall–Kier alpha value is -1.84. The van der Waals surface area contributed by atoms with Crippen molar-refractivity contribution < 1.29 is 14.7 Å². The van der Waals surface area contributed by atoms with Crippen LogP contribution < -0.4 is 5.32 Å². The van der Waals surface area contributed by atoms with E-state index < -0.39 is 11.9 Å². The lowest BCUT2D eigenvalue weighted by Crippen LogP contribution is -2.45. The number of rotatable bonds is 3. The van der Waals surface area contributed by atoms with Gasteiger partial charge in [-0.2, -0.15) is 0 Å². The van der Waals surface area contributed by atoms with E-state index in [9.17, 15) is 14.7 Å². The number of carbonyl (C=O) groups excluding carboxylic acids is 1. The molecule has 0 spiro atoms. The smallest absolute Gasteiger partial charge is 0.308 e. The first kappa shape index (κ1) is 14.6. The summed E-state index contributed by atoms with van der Waals surface area (Å²) in [4.78, 5) is 23.6. The average molecular weight is 275 g/mol. The van der Waals surface area contributed by atoms with Crippen molar-refractivity contribution in [3.8, 4) is 0 Å². The zero-order valence-electron chi connectivity index (χ0n) is 12.0. The van der Waals surface area contributed by atoms with Crippen LogP contribution in [0.5, 0.6) is 0 Å². The van der Waals surface area contributed by atoms with E-state index in [-0.39, 0.29) is 11.9 Å². The van der Waals surface area contributed by atoms with Gasteiger partial charge >= 0.3 is 5.97 Å². The molecule has 1 aliphatic rings. The Kier molecular flexibility index (Phi) is 4.42. The topological polar surface area (TPSA) is 66.4 Å². The molecule has 4 nitrogen and oxygen atoms in total. The van der Waals surface area contributed by atoms with Gasteiger partial charge in [-0.05, 0) is 43.9 Å². The van der Waals surface area contributed by atoms with Crippen LogP contribution in [0.25, 0.3) is 0 Å². The van der Waals surface area contributed by atoms with E-state index in [4.69, 9.17) is 0 Å². The second-order valence-electron chi connectivity index (χ2n) is 5.56. The Morgan fingerprint density at radius 2 is 1.90 bits per heavy atom. The maximum atomic E-state index is 12.4. The van der Waals surface area contributed by atoms with E-state index in [1.54, 1.807) is 6.07 Å². The summed E-state index contributed by atoms with van der Waals surface area (Å²) in [6.07, 6.45) is 3.29. The molecule has 1 aromatic rings. The van der Waals surface area contributed by atoms with Crippen molar-refractivity contribution >= 4 is 11.9 Å². The number of aryl methyl sites for hydroxylation is 1. The monoisotopic (exact) mass is 275 g/mol. The van der Waals surface area contributed by atoms with Crippen molar-refractivity contribution in [1.29, 1.82) is 0 Å². The molecule has 2 N–H and O–H groups in total. The Labute approximate surface area is 119 Å². The number of nitrogens with one attached hydrogen (secondary N) is 1. The lowest BCUT2D eigenvalue weighted by Gasteiger charge is -2.29. The SMILES string of the molecule is Cc1cccc(C(=O)NC2CCCCC2C(=O)O)c1C. The van der Waals surface area contributed by atoms with Crippen molar-refractivity contribution in [2.24, 2.45) is 5.92 Å². The standard InChI is InChI=1S/C16H21NO3/c1-10-6-5-8-12(11(10)2)15(18)17-14-9-4-3-7-13(14)16(19)20/h5-6,8,13-14H,3-4,7,9H2,1-2H3,(H,17,18)(H,19,20). The summed E-state index contributed by atoms with van der Waals surface area (Å²) < 4.78 is 0. The van der Waals surface area contributed by atoms with Crippen LogP contribution in [0.3, 0.4) is 0 Å². The summed E-state index contributed by atoms with van der Waals surface area (Å²) >= 11 is 0. The predicted molar refractivity (Wildman–Crippen MR) is 76.8 cm³/mol. The molecule has 1 saturated carbocycles. The van der Waals surface area contributed by atoms with Crippen molar-refractivity contribution in [2.45, 2.75) is 45.6 Å². The number of carboxylic acid groups (broad SMARTS) is 1. The molecule has 1 aromatic carbocycles. The Morgan fingerprint density at radius 1 is 1.20 bits per heavy atom. The van der Waals surface area contributed by atoms with Crippen molar-refractivity contribution in [1.82, 2.24) is 5.32 Å². The summed E-state index contributed by atoms with van der Waals surface area (Å²) in [5.74, 6) is -1.43. The summed E-state index contributed by atoms with van der Waals surface area (Å²) in [6.45, 7) is 3.88. The van der Waals surface area contributed by atoms with Gasteiger partial charge in [-0.15, -0.1) is 0 Å². The predicted octanol–water partition coefficient (Wildman–Crippen LogP) is 2.68. The van der Waals surface area contributed by atoms with E-state index in [0.717, 1.165) is 30.4 Å². The fraction of sp³-hybridized carbons (Fsp3) is 0.500. The molecule has 4 heteroatoms. The van der Waals surface area contributed by atoms with Crippen LogP contribution in [0.15, 0.2) is 18.2 Å². The van der Waals surface area contributed by atoms with Gasteiger partial charge in [0.2, 0.25) is 0 Å². The number of hydrogen-bond acceptors (Lipinski definition) is 2. The first-order chi connectivity index (χ1) is 9.50. The van der Waals surface area contributed by atoms with Gasteiger partial charge in [-0.1, -0.05) is 25.0 Å². The molecule has 0 bridgehead atoms. The van der Waals surface area contributed by atoms with Crippen LogP contribution >= 0.6 is 0 Å². The van der Waals surface area contributed by atoms with Gasteiger partial charge in [0, 0.05) is 11.6 Å². The molecule has 0 aromatic heterocycles. The van der Waals surface area contributed by atoms with Crippen molar-refractivity contribution in [2.75, 3.05) is 0 Å². The van der Waals surface area contributed by atoms with Gasteiger partial charge in [-0.3, -0.25) is 9.59 Å². The van der Waals surface area contributed by atoms with Crippen LogP contribution in [-0.2, 0) is 4.79 Å². The molecule has 2 rings (SSSR count). The zero-order valence-corrected chi connectivity index (χ0v) is 12.0. The van der Waals surface area contributed by atoms with Crippen LogP contribution in [-0.4, -0.2) is 23.0 Å². The molecule has 20 heavy (non-hydrogen) atoms. The highest BCUT2D eigenvalue weighted by molar-refractivity contribution is 5.96. The third-order valence-corrected chi connectivity index (χ3v) is 4.25. The van der Waals surface area contributed by atoms with Gasteiger partial charge in [-0.25, -0.2) is 0 Å². The second-order valence-corrected chi connectivity index (χ2v) is 5.56. The molecule has 108 valence electrons. The molecule has 2 atom stereocenters. The highest BCUT2D eigenvalue weighted by Gasteiger charge is 2.32. The molecule has 0 radical (unpaired) electrons. The molecule has 1 amide bonds. The molecular formula is C16H21NO3. The fourth-order valence-corrected chi connectivity index (χ4v) is 2.84. The van der Waals surface area contributed by atoms with E-state index >= 15 is 0 Å². The Bertz CT molecular complexity index is 524. The minimum absolute atomic E-state index is 0.163. The van der Waals surface area contributed by atoms with Crippen LogP contribution in [0.4, 0.5) is 0 Å². The van der Waals surface area contributed by atoms with Gasteiger partial charge < -0.3 is 10.4 Å². The highest BCUT2D eigenvalue weighted by Crippen LogP contribution is 2.25. The molecule has 0 aliphatic heterocycles. The Balaban J connectivity index is 2.14. The third kappa shape index (κ3) is 3.00. The number of carbonyl (C=O) groups is 2. The summed E-state index contributed by atoms with van der Waals surface area (Å²) in [7, 11) is 0. The summed E-state index contributed by atoms with van der Waals surface area (Å²) in [6, 6.07) is 5.35. The van der Waals surface area contributed by atoms with Crippen molar-refractivity contribution in [3.05, 3.63) is 34.9 Å². The molecule has 1 aliphatic carbocycles. The van der Waals surface area contributed by atoms with Gasteiger partial charge in [0.05, 0.1) is 5.92 Å². The molecular weight excluding hydrogens is 254 g/mol. The quantitative estimate of drug-likeness (QED) is 0.891. The summed E-state index contributed by atoms with van der Waals surface area (Å²) in [5.41, 5.74) is 2.66. The maximum absolute atomic E-state index is 12.4. The first-order valence-corrected chi connectivity index (χ1v) is 7.10. The second kappa shape index (κ2) is 6.07. The number of amides is 1. The number of aliphatic carboxylic acids is 1. The van der Waals surface area contributed by atoms with E-state index in [0.29, 0.717) is 12.0 Å². The normalized spacial score (nSPS) is 22.3. The number of hydrogen-bond donors (Lipinski definition) is 2. The van der Waals surface area contributed by atoms with Gasteiger partial charge in [0.1, 0.15) is 0 Å². The minimum Gasteiger partial charge on any atom is -0.481 e. The van der Waals surface area contributed by atoms with Crippen LogP contribution in [0.1, 0.15) is 47.2 Å². The van der Waals surface area contributed by atoms with E-state index in [1.807, 2.05) is 26.0 Å². The largest absolute Gasteiger partial charge is 0.481 e. The van der Waals surface area contributed by atoms with E-state index in [2.05, 4.69) is 5.32 Å². The minimum atomic E-state index is -0.809. The fourth-order valence-electron chi connectivity index (χ4n) is 2.84. The van der Waals surface area contributed by atoms with E-state index in [1.165, 1.54) is 0 Å². The first-order valence-electron chi connectivity index (χ1n) is 7.10. The zero-order chi connectivity index (χ0) is 14.7. The van der Waals surface area contributed by atoms with Gasteiger partial charge in [0.15, 0.2) is 0 Å². The van der Waals surface area contributed by atoms with Gasteiger partial charge in [0.25, 0.3) is 5.91 Å². The van der Waals surface area contributed by atoms with Crippen LogP contribution in [0.2, 0.25) is 0 Å². The third-order valence-electron chi connectivity index (χ3n) is 4.25. The number of carboxylic acids is 1. The molecule has 1 fully saturated rings. The lowest BCUT2D eigenvalue weighted by molar-refractivity contribution is -0.143. The molecule has 0 saturated heterocycles. The average Bonchev–Trinajstić information content (AvgIpc) is 2.42. The summed E-state index contributed by atoms with van der Waals surface area (Å²) in [5, 5.41) is 12.2. The molecule has 0 heterocycles. The maximum Gasteiger partial charge on any atom is 0.308 e. The Morgan fingerprint density at radius 3 is 2.60 bits per heavy atom. The van der Waals surface area contributed by atoms with Crippen molar-refractivity contribution in [3.63, 3.8) is 0 Å². The van der Waals surface area contributed by atoms with Crippen LogP contribution in [0, 0.1) is 19.8 Å². The number of benzene rings is 1. The lowest BCUT2D eigenvalue weighted by atomic mass is 9.84. The molecule has 2 unspecified atom stereocenters. The highest BCUT2D eigenvalue weighted by atomic mass is 16.4.